The summed E-state index contributed by atoms with van der Waals surface area (Å²) >= 11 is 6.69. The molecule has 43 heavy (non-hydrogen) atoms. The number of fused-ring (bicyclic) bond motifs is 1. The molecule has 0 unspecified atom stereocenters. The Hall–Kier alpha value is -4.35. The van der Waals surface area contributed by atoms with Gasteiger partial charge in [0.2, 0.25) is 15.9 Å². The number of hydrogen-bond acceptors (Lipinski definition) is 10. The number of sulfonamides is 2. The topological polar surface area (TPSA) is 196 Å². The number of halogens is 1. The van der Waals surface area contributed by atoms with Crippen LogP contribution in [0.5, 0.6) is 0 Å². The van der Waals surface area contributed by atoms with Gasteiger partial charge >= 0.3 is 0 Å². The molecule has 3 aromatic carbocycles. The highest BCUT2D eigenvalue weighted by molar-refractivity contribution is 7.99. The van der Waals surface area contributed by atoms with Crippen LogP contribution in [0.1, 0.15) is 0 Å². The molecule has 0 aliphatic rings. The average Bonchev–Trinajstić information content (AvgIpc) is 2.97. The molecule has 220 valence electrons. The van der Waals surface area contributed by atoms with Crippen molar-refractivity contribution in [2.75, 3.05) is 15.8 Å². The lowest BCUT2D eigenvalue weighted by molar-refractivity contribution is -0.113. The lowest BCUT2D eigenvalue weighted by Gasteiger charge is -2.14. The summed E-state index contributed by atoms with van der Waals surface area (Å²) in [5, 5.41) is 15.7. The van der Waals surface area contributed by atoms with Crippen LogP contribution >= 0.6 is 23.4 Å². The van der Waals surface area contributed by atoms with Gasteiger partial charge in [-0.3, -0.25) is 18.9 Å². The predicted octanol–water partition coefficient (Wildman–Crippen LogP) is 3.01. The molecular formula is C26H20ClN7O6S3. The summed E-state index contributed by atoms with van der Waals surface area (Å²) in [4.78, 5) is 30.6. The zero-order chi connectivity index (χ0) is 30.8. The van der Waals surface area contributed by atoms with Crippen LogP contribution in [0.2, 0.25) is 5.15 Å². The summed E-state index contributed by atoms with van der Waals surface area (Å²) < 4.78 is 52.2. The second kappa shape index (κ2) is 12.1. The fourth-order valence-corrected chi connectivity index (χ4v) is 6.26. The van der Waals surface area contributed by atoms with Gasteiger partial charge in [0.25, 0.3) is 15.6 Å². The molecule has 0 radical (unpaired) electrons. The number of nitrogens with zero attached hydrogens (tertiary/aromatic N) is 4. The molecule has 4 N–H and O–H groups in total. The molecular weight excluding hydrogens is 638 g/mol. The van der Waals surface area contributed by atoms with E-state index < -0.39 is 31.5 Å². The van der Waals surface area contributed by atoms with Gasteiger partial charge in [-0.15, -0.1) is 10.2 Å². The maximum Gasteiger partial charge on any atom is 0.266 e. The number of primary sulfonamides is 1. The van der Waals surface area contributed by atoms with Crippen LogP contribution in [0, 0.1) is 0 Å². The molecule has 0 aliphatic carbocycles. The normalized spacial score (nSPS) is 11.8. The molecule has 2 heterocycles. The van der Waals surface area contributed by atoms with Crippen LogP contribution in [0.25, 0.3) is 16.6 Å². The highest BCUT2D eigenvalue weighted by Gasteiger charge is 2.18. The van der Waals surface area contributed by atoms with E-state index >= 15 is 0 Å². The summed E-state index contributed by atoms with van der Waals surface area (Å²) in [6, 6.07) is 20.3. The van der Waals surface area contributed by atoms with Crippen LogP contribution in [0.15, 0.2) is 105 Å². The fourth-order valence-electron chi connectivity index (χ4n) is 3.83. The SMILES string of the molecule is NS(=O)(=O)c1ccc(NC(=O)CSc2nc3ccccc3c(=O)n2-c2ccc(S(=O)(=O)Nc3ccc(Cl)nn3)cc2)cc1. The Bertz CT molecular complexity index is 2110. The quantitative estimate of drug-likeness (QED) is 0.157. The first-order valence-electron chi connectivity index (χ1n) is 12.1. The number of anilines is 2. The minimum atomic E-state index is -4.04. The molecule has 5 aromatic rings. The molecule has 0 aliphatic heterocycles. The summed E-state index contributed by atoms with van der Waals surface area (Å²) in [5.41, 5.74) is 0.654. The maximum atomic E-state index is 13.5. The summed E-state index contributed by atoms with van der Waals surface area (Å²) in [6.07, 6.45) is 0. The van der Waals surface area contributed by atoms with Crippen LogP contribution < -0.4 is 20.7 Å². The van der Waals surface area contributed by atoms with Gasteiger partial charge < -0.3 is 5.32 Å². The number of nitrogens with one attached hydrogen (secondary N) is 2. The van der Waals surface area contributed by atoms with E-state index in [1.165, 1.54) is 65.2 Å². The number of carbonyl (C=O) groups is 1. The molecule has 0 fully saturated rings. The maximum absolute atomic E-state index is 13.5. The zero-order valence-corrected chi connectivity index (χ0v) is 24.9. The number of para-hydroxylation sites is 1. The monoisotopic (exact) mass is 657 g/mol. The summed E-state index contributed by atoms with van der Waals surface area (Å²) in [6.45, 7) is 0. The average molecular weight is 658 g/mol. The number of aromatic nitrogens is 4. The van der Waals surface area contributed by atoms with Crippen molar-refractivity contribution in [3.63, 3.8) is 0 Å². The Balaban J connectivity index is 1.41. The molecule has 2 aromatic heterocycles. The second-order valence-corrected chi connectivity index (χ2v) is 13.4. The standard InChI is InChI=1S/C26H20ClN7O6S3/c27-22-13-14-23(32-31-22)33-43(39,40)19-11-7-17(8-12-19)34-25(36)20-3-1-2-4-21(20)30-26(34)41-15-24(35)29-16-5-9-18(10-6-16)42(28,37)38/h1-14H,15H2,(H,29,35)(H,32,33)(H2,28,37,38). The first-order chi connectivity index (χ1) is 20.4. The largest absolute Gasteiger partial charge is 0.325 e. The number of carbonyl (C=O) groups excluding carboxylic acids is 1. The third kappa shape index (κ3) is 7.00. The van der Waals surface area contributed by atoms with E-state index in [0.29, 0.717) is 22.3 Å². The smallest absolute Gasteiger partial charge is 0.266 e. The Labute approximate surface area is 254 Å². The van der Waals surface area contributed by atoms with E-state index in [-0.39, 0.29) is 31.7 Å². The number of benzene rings is 3. The first kappa shape index (κ1) is 30.1. The van der Waals surface area contributed by atoms with Crippen LogP contribution in [-0.2, 0) is 24.8 Å². The lowest BCUT2D eigenvalue weighted by atomic mass is 10.2. The van der Waals surface area contributed by atoms with Crippen molar-refractivity contribution in [3.05, 3.63) is 100 Å². The zero-order valence-electron chi connectivity index (χ0n) is 21.7. The van der Waals surface area contributed by atoms with E-state index in [4.69, 9.17) is 16.7 Å². The van der Waals surface area contributed by atoms with E-state index in [1.54, 1.807) is 24.3 Å². The third-order valence-electron chi connectivity index (χ3n) is 5.82. The lowest BCUT2D eigenvalue weighted by Crippen LogP contribution is -2.23. The Morgan fingerprint density at radius 2 is 1.56 bits per heavy atom. The van der Waals surface area contributed by atoms with Crippen molar-refractivity contribution in [2.24, 2.45) is 5.14 Å². The van der Waals surface area contributed by atoms with E-state index in [1.807, 2.05) is 0 Å². The number of amides is 1. The highest BCUT2D eigenvalue weighted by Crippen LogP contribution is 2.24. The Kier molecular flexibility index (Phi) is 8.48. The molecule has 0 saturated carbocycles. The van der Waals surface area contributed by atoms with Gasteiger partial charge in [0.1, 0.15) is 0 Å². The summed E-state index contributed by atoms with van der Waals surface area (Å²) in [5.74, 6) is -0.624. The van der Waals surface area contributed by atoms with Crippen LogP contribution in [0.3, 0.4) is 0 Å². The number of hydrogen-bond donors (Lipinski definition) is 3. The third-order valence-corrected chi connectivity index (χ3v) is 9.26. The number of thioether (sulfide) groups is 1. The molecule has 5 rings (SSSR count). The highest BCUT2D eigenvalue weighted by atomic mass is 35.5. The molecule has 1 amide bonds. The van der Waals surface area contributed by atoms with Gasteiger partial charge in [-0.1, -0.05) is 35.5 Å². The van der Waals surface area contributed by atoms with E-state index in [0.717, 1.165) is 11.8 Å². The van der Waals surface area contributed by atoms with Gasteiger partial charge in [0.15, 0.2) is 16.1 Å². The van der Waals surface area contributed by atoms with Crippen molar-refractivity contribution < 1.29 is 21.6 Å². The van der Waals surface area contributed by atoms with Gasteiger partial charge in [0, 0.05) is 5.69 Å². The van der Waals surface area contributed by atoms with Gasteiger partial charge in [-0.2, -0.15) is 0 Å². The van der Waals surface area contributed by atoms with Crippen molar-refractivity contribution >= 4 is 71.7 Å². The van der Waals surface area contributed by atoms with E-state index in [9.17, 15) is 26.4 Å². The summed E-state index contributed by atoms with van der Waals surface area (Å²) in [7, 11) is -7.92. The fraction of sp³-hybridized carbons (Fsp3) is 0.0385. The molecule has 0 spiro atoms. The van der Waals surface area contributed by atoms with E-state index in [2.05, 4.69) is 25.2 Å². The van der Waals surface area contributed by atoms with Crippen molar-refractivity contribution in [3.8, 4) is 5.69 Å². The van der Waals surface area contributed by atoms with Crippen molar-refractivity contribution in [1.29, 1.82) is 0 Å². The molecule has 13 nitrogen and oxygen atoms in total. The minimum Gasteiger partial charge on any atom is -0.325 e. The molecule has 0 saturated heterocycles. The Morgan fingerprint density at radius 1 is 0.884 bits per heavy atom. The van der Waals surface area contributed by atoms with Crippen LogP contribution in [-0.4, -0.2) is 48.2 Å². The second-order valence-electron chi connectivity index (χ2n) is 8.80. The first-order valence-corrected chi connectivity index (χ1v) is 16.5. The van der Waals surface area contributed by atoms with Crippen LogP contribution in [0.4, 0.5) is 11.5 Å². The van der Waals surface area contributed by atoms with Gasteiger partial charge in [-0.05, 0) is 72.8 Å². The molecule has 0 bridgehead atoms. The number of rotatable bonds is 9. The van der Waals surface area contributed by atoms with Gasteiger partial charge in [-0.25, -0.2) is 27.0 Å². The molecule has 0 atom stereocenters. The van der Waals surface area contributed by atoms with Gasteiger partial charge in [0.05, 0.1) is 32.1 Å². The van der Waals surface area contributed by atoms with Crippen molar-refractivity contribution in [1.82, 2.24) is 19.7 Å². The number of nitrogens with two attached hydrogens (primary N) is 1. The minimum absolute atomic E-state index is 0.0271. The predicted molar refractivity (Wildman–Crippen MR) is 162 cm³/mol. The van der Waals surface area contributed by atoms with Crippen molar-refractivity contribution in [2.45, 2.75) is 14.9 Å². The molecule has 17 heteroatoms. The Morgan fingerprint density at radius 3 is 2.21 bits per heavy atom.